The van der Waals surface area contributed by atoms with Gasteiger partial charge in [-0.05, 0) is 19.3 Å². The molecule has 1 atom stereocenters. The van der Waals surface area contributed by atoms with Crippen molar-refractivity contribution in [3.05, 3.63) is 16.1 Å². The normalized spacial score (nSPS) is 20.3. The summed E-state index contributed by atoms with van der Waals surface area (Å²) in [6.07, 6.45) is -1.87. The minimum atomic E-state index is -4.55. The molecule has 0 aliphatic carbocycles. The van der Waals surface area contributed by atoms with Crippen LogP contribution in [0.5, 0.6) is 0 Å². The van der Waals surface area contributed by atoms with Gasteiger partial charge < -0.3 is 10.1 Å². The van der Waals surface area contributed by atoms with Gasteiger partial charge in [-0.25, -0.2) is 4.98 Å². The molecule has 1 aliphatic rings. The van der Waals surface area contributed by atoms with Crippen molar-refractivity contribution in [3.8, 4) is 0 Å². The number of amides is 1. The van der Waals surface area contributed by atoms with Crippen LogP contribution in [0.1, 0.15) is 34.6 Å². The SMILES string of the molecule is O=C(NC[C@@H]1CCCCO1)c1ncsc1C(F)(F)F. The first kappa shape index (κ1) is 14.3. The predicted molar refractivity (Wildman–Crippen MR) is 63.0 cm³/mol. The highest BCUT2D eigenvalue weighted by atomic mass is 32.1. The summed E-state index contributed by atoms with van der Waals surface area (Å²) >= 11 is 0.418. The summed E-state index contributed by atoms with van der Waals surface area (Å²) in [5.74, 6) is -0.803. The maximum atomic E-state index is 12.6. The first-order chi connectivity index (χ1) is 8.98. The van der Waals surface area contributed by atoms with E-state index in [-0.39, 0.29) is 12.6 Å². The van der Waals surface area contributed by atoms with Crippen LogP contribution in [0.4, 0.5) is 13.2 Å². The minimum Gasteiger partial charge on any atom is -0.376 e. The van der Waals surface area contributed by atoms with Gasteiger partial charge in [0.1, 0.15) is 4.88 Å². The van der Waals surface area contributed by atoms with Crippen LogP contribution in [-0.4, -0.2) is 30.1 Å². The molecule has 0 saturated carbocycles. The topological polar surface area (TPSA) is 51.2 Å². The maximum absolute atomic E-state index is 12.6. The zero-order chi connectivity index (χ0) is 13.9. The van der Waals surface area contributed by atoms with Gasteiger partial charge in [0.15, 0.2) is 5.69 Å². The fourth-order valence-electron chi connectivity index (χ4n) is 1.87. The Bertz CT molecular complexity index is 441. The average molecular weight is 294 g/mol. The number of aromatic nitrogens is 1. The third kappa shape index (κ3) is 3.66. The van der Waals surface area contributed by atoms with Crippen LogP contribution in [0.15, 0.2) is 5.51 Å². The average Bonchev–Trinajstić information content (AvgIpc) is 2.86. The molecule has 0 spiro atoms. The first-order valence-corrected chi connectivity index (χ1v) is 6.77. The highest BCUT2D eigenvalue weighted by Gasteiger charge is 2.38. The molecule has 2 rings (SSSR count). The largest absolute Gasteiger partial charge is 0.427 e. The molecule has 1 N–H and O–H groups in total. The number of thiazole rings is 1. The van der Waals surface area contributed by atoms with Gasteiger partial charge in [-0.2, -0.15) is 13.2 Å². The molecule has 2 heterocycles. The Balaban J connectivity index is 1.94. The summed E-state index contributed by atoms with van der Waals surface area (Å²) in [6.45, 7) is 0.846. The molecule has 1 amide bonds. The molecule has 0 bridgehead atoms. The van der Waals surface area contributed by atoms with Gasteiger partial charge in [0.05, 0.1) is 11.6 Å². The van der Waals surface area contributed by atoms with E-state index in [4.69, 9.17) is 4.74 Å². The second kappa shape index (κ2) is 5.87. The summed E-state index contributed by atoms with van der Waals surface area (Å²) in [4.78, 5) is 14.2. The molecule has 1 aliphatic heterocycles. The fraction of sp³-hybridized carbons (Fsp3) is 0.636. The molecule has 0 unspecified atom stereocenters. The number of hydrogen-bond acceptors (Lipinski definition) is 4. The van der Waals surface area contributed by atoms with Gasteiger partial charge in [0.25, 0.3) is 5.91 Å². The molecular formula is C11H13F3N2O2S. The van der Waals surface area contributed by atoms with Crippen molar-refractivity contribution in [1.82, 2.24) is 10.3 Å². The van der Waals surface area contributed by atoms with Crippen molar-refractivity contribution < 1.29 is 22.7 Å². The lowest BCUT2D eigenvalue weighted by Gasteiger charge is -2.22. The van der Waals surface area contributed by atoms with Crippen LogP contribution in [-0.2, 0) is 10.9 Å². The van der Waals surface area contributed by atoms with E-state index in [1.807, 2.05) is 0 Å². The van der Waals surface area contributed by atoms with Crippen LogP contribution in [0.3, 0.4) is 0 Å². The molecule has 4 nitrogen and oxygen atoms in total. The Morgan fingerprint density at radius 3 is 2.95 bits per heavy atom. The lowest BCUT2D eigenvalue weighted by Crippen LogP contribution is -2.36. The minimum absolute atomic E-state index is 0.120. The van der Waals surface area contributed by atoms with Crippen molar-refractivity contribution in [2.45, 2.75) is 31.5 Å². The van der Waals surface area contributed by atoms with E-state index in [0.717, 1.165) is 24.8 Å². The number of nitrogens with one attached hydrogen (secondary N) is 1. The smallest absolute Gasteiger partial charge is 0.376 e. The standard InChI is InChI=1S/C11H13F3N2O2S/c12-11(13,14)9-8(16-6-19-9)10(17)15-5-7-3-1-2-4-18-7/h6-7H,1-5H2,(H,15,17)/t7-/m0/s1. The third-order valence-corrected chi connectivity index (χ3v) is 3.68. The van der Waals surface area contributed by atoms with E-state index < -0.39 is 22.7 Å². The number of ether oxygens (including phenoxy) is 1. The molecule has 1 saturated heterocycles. The number of nitrogens with zero attached hydrogens (tertiary/aromatic N) is 1. The fourth-order valence-corrected chi connectivity index (χ4v) is 2.52. The highest BCUT2D eigenvalue weighted by Crippen LogP contribution is 2.34. The van der Waals surface area contributed by atoms with Crippen LogP contribution >= 0.6 is 11.3 Å². The first-order valence-electron chi connectivity index (χ1n) is 5.89. The van der Waals surface area contributed by atoms with Gasteiger partial charge in [0.2, 0.25) is 0 Å². The molecule has 0 radical (unpaired) electrons. The second-order valence-electron chi connectivity index (χ2n) is 4.23. The molecule has 1 aromatic rings. The number of carbonyl (C=O) groups is 1. The summed E-state index contributed by atoms with van der Waals surface area (Å²) in [5.41, 5.74) is 0.461. The monoisotopic (exact) mass is 294 g/mol. The lowest BCUT2D eigenvalue weighted by molar-refractivity contribution is -0.134. The van der Waals surface area contributed by atoms with Gasteiger partial charge in [0, 0.05) is 13.2 Å². The number of hydrogen-bond donors (Lipinski definition) is 1. The van der Waals surface area contributed by atoms with Crippen molar-refractivity contribution in [3.63, 3.8) is 0 Å². The Kier molecular flexibility index (Phi) is 4.41. The Labute approximate surface area is 112 Å². The molecular weight excluding hydrogens is 281 g/mol. The summed E-state index contributed by atoms with van der Waals surface area (Å²) in [7, 11) is 0. The Morgan fingerprint density at radius 2 is 2.32 bits per heavy atom. The van der Waals surface area contributed by atoms with Crippen molar-refractivity contribution in [2.24, 2.45) is 0 Å². The van der Waals surface area contributed by atoms with E-state index >= 15 is 0 Å². The quantitative estimate of drug-likeness (QED) is 0.931. The number of rotatable bonds is 3. The van der Waals surface area contributed by atoms with Gasteiger partial charge in [-0.15, -0.1) is 11.3 Å². The van der Waals surface area contributed by atoms with Crippen LogP contribution in [0.2, 0.25) is 0 Å². The van der Waals surface area contributed by atoms with Crippen LogP contribution in [0, 0.1) is 0 Å². The molecule has 0 aromatic carbocycles. The Morgan fingerprint density at radius 1 is 1.53 bits per heavy atom. The van der Waals surface area contributed by atoms with E-state index in [1.165, 1.54) is 0 Å². The third-order valence-electron chi connectivity index (χ3n) is 2.80. The summed E-state index contributed by atoms with van der Waals surface area (Å²) in [6, 6.07) is 0. The highest BCUT2D eigenvalue weighted by molar-refractivity contribution is 7.10. The molecule has 1 fully saturated rings. The zero-order valence-corrected chi connectivity index (χ0v) is 10.8. The van der Waals surface area contributed by atoms with Crippen molar-refractivity contribution in [2.75, 3.05) is 13.2 Å². The summed E-state index contributed by atoms with van der Waals surface area (Å²) in [5, 5.41) is 2.45. The van der Waals surface area contributed by atoms with Gasteiger partial charge in [-0.3, -0.25) is 4.79 Å². The molecule has 106 valence electrons. The van der Waals surface area contributed by atoms with E-state index in [1.54, 1.807) is 0 Å². The van der Waals surface area contributed by atoms with E-state index in [2.05, 4.69) is 10.3 Å². The number of carbonyl (C=O) groups excluding carboxylic acids is 1. The zero-order valence-electron chi connectivity index (χ0n) is 10.00. The van der Waals surface area contributed by atoms with E-state index in [0.29, 0.717) is 17.9 Å². The maximum Gasteiger partial charge on any atom is 0.427 e. The van der Waals surface area contributed by atoms with Gasteiger partial charge in [-0.1, -0.05) is 0 Å². The molecule has 1 aromatic heterocycles. The van der Waals surface area contributed by atoms with Crippen molar-refractivity contribution in [1.29, 1.82) is 0 Å². The van der Waals surface area contributed by atoms with Gasteiger partial charge >= 0.3 is 6.18 Å². The number of halogens is 3. The summed E-state index contributed by atoms with van der Waals surface area (Å²) < 4.78 is 43.2. The van der Waals surface area contributed by atoms with E-state index in [9.17, 15) is 18.0 Å². The predicted octanol–water partition coefficient (Wildman–Crippen LogP) is 2.46. The Hall–Kier alpha value is -1.15. The van der Waals surface area contributed by atoms with Crippen LogP contribution in [0.25, 0.3) is 0 Å². The number of alkyl halides is 3. The van der Waals surface area contributed by atoms with Crippen LogP contribution < -0.4 is 5.32 Å². The molecule has 19 heavy (non-hydrogen) atoms. The molecule has 8 heteroatoms. The second-order valence-corrected chi connectivity index (χ2v) is 5.08. The van der Waals surface area contributed by atoms with Crippen molar-refractivity contribution >= 4 is 17.2 Å². The lowest BCUT2D eigenvalue weighted by atomic mass is 10.1.